The molecule has 0 spiro atoms. The van der Waals surface area contributed by atoms with Crippen molar-refractivity contribution >= 4 is 16.9 Å². The van der Waals surface area contributed by atoms with Crippen molar-refractivity contribution in [2.24, 2.45) is 0 Å². The molecule has 4 nitrogen and oxygen atoms in total. The number of ketones is 1. The summed E-state index contributed by atoms with van der Waals surface area (Å²) in [6.45, 7) is 13.7. The summed E-state index contributed by atoms with van der Waals surface area (Å²) in [5, 5.41) is 0. The quantitative estimate of drug-likeness (QED) is 0.192. The molecule has 38 heavy (non-hydrogen) atoms. The van der Waals surface area contributed by atoms with Crippen LogP contribution < -0.4 is 9.47 Å². The smallest absolute Gasteiger partial charge is 0.168 e. The molecule has 0 aliphatic rings. The number of ether oxygens (including phenoxy) is 2. The molecule has 0 saturated carbocycles. The minimum Gasteiger partial charge on any atom is -0.492 e. The first kappa shape index (κ1) is 30.9. The molecule has 0 N–H and O–H groups in total. The number of likely N-dealkylation sites (N-methyl/N-ethyl adjacent to an activating group) is 1. The molecule has 0 atom stereocenters. The zero-order chi connectivity index (χ0) is 28.1. The van der Waals surface area contributed by atoms with E-state index in [1.54, 1.807) is 0 Å². The Morgan fingerprint density at radius 1 is 0.789 bits per heavy atom. The van der Waals surface area contributed by atoms with Crippen LogP contribution >= 0.6 is 0 Å². The average molecular weight is 516 g/mol. The number of hydrogen-bond acceptors (Lipinski definition) is 4. The second-order valence-corrected chi connectivity index (χ2v) is 10.2. The Labute approximate surface area is 230 Å². The highest BCUT2D eigenvalue weighted by atomic mass is 16.5. The molecular formula is C34H45NO3. The average Bonchev–Trinajstić information content (AvgIpc) is 2.89. The maximum atomic E-state index is 13.8. The van der Waals surface area contributed by atoms with E-state index in [2.05, 4.69) is 24.0 Å². The number of nitrogens with zero attached hydrogens (tertiary/aromatic N) is 1. The summed E-state index contributed by atoms with van der Waals surface area (Å²) in [5.74, 6) is 1.71. The topological polar surface area (TPSA) is 38.8 Å². The van der Waals surface area contributed by atoms with Gasteiger partial charge in [0.05, 0.1) is 0 Å². The van der Waals surface area contributed by atoms with Gasteiger partial charge in [-0.3, -0.25) is 4.79 Å². The van der Waals surface area contributed by atoms with Crippen molar-refractivity contribution in [3.05, 3.63) is 95.6 Å². The zero-order valence-corrected chi connectivity index (χ0v) is 24.5. The molecule has 0 radical (unpaired) electrons. The van der Waals surface area contributed by atoms with E-state index in [0.717, 1.165) is 52.3 Å². The Balaban J connectivity index is 0.00000247. The van der Waals surface area contributed by atoms with E-state index in [0.29, 0.717) is 13.0 Å². The molecule has 204 valence electrons. The predicted molar refractivity (Wildman–Crippen MR) is 161 cm³/mol. The van der Waals surface area contributed by atoms with Gasteiger partial charge in [-0.15, -0.1) is 0 Å². The summed E-state index contributed by atoms with van der Waals surface area (Å²) in [6, 6.07) is 25.9. The molecule has 0 bridgehead atoms. The van der Waals surface area contributed by atoms with Crippen LogP contribution in [-0.4, -0.2) is 43.5 Å². The van der Waals surface area contributed by atoms with Crippen LogP contribution in [0.5, 0.6) is 11.5 Å². The number of carbonyl (C=O) groups is 1. The lowest BCUT2D eigenvalue weighted by atomic mass is 9.88. The van der Waals surface area contributed by atoms with E-state index < -0.39 is 0 Å². The number of Topliss-reactive ketones (excluding diaryl/α,β-unsaturated/α-hetero) is 1. The van der Waals surface area contributed by atoms with Crippen molar-refractivity contribution in [1.82, 2.24) is 4.90 Å². The lowest BCUT2D eigenvalue weighted by Gasteiger charge is -2.21. The normalized spacial score (nSPS) is 11.8. The third-order valence-corrected chi connectivity index (χ3v) is 5.72. The van der Waals surface area contributed by atoms with Crippen molar-refractivity contribution in [1.29, 1.82) is 0 Å². The van der Waals surface area contributed by atoms with Gasteiger partial charge in [0, 0.05) is 18.5 Å². The largest absolute Gasteiger partial charge is 0.492 e. The fourth-order valence-electron chi connectivity index (χ4n) is 4.03. The summed E-state index contributed by atoms with van der Waals surface area (Å²) in [4.78, 5) is 15.9. The molecule has 0 heterocycles. The zero-order valence-electron chi connectivity index (χ0n) is 24.5. The predicted octanol–water partition coefficient (Wildman–Crippen LogP) is 7.96. The number of carbonyl (C=O) groups excluding carboxylic acids is 1. The Morgan fingerprint density at radius 2 is 1.37 bits per heavy atom. The highest BCUT2D eigenvalue weighted by molar-refractivity contribution is 6.28. The third kappa shape index (κ3) is 9.83. The highest BCUT2D eigenvalue weighted by Gasteiger charge is 2.19. The summed E-state index contributed by atoms with van der Waals surface area (Å²) in [6.07, 6.45) is 1.08. The number of hydrogen-bond donors (Lipinski definition) is 0. The molecular weight excluding hydrogens is 470 g/mol. The first-order valence-electron chi connectivity index (χ1n) is 13.6. The van der Waals surface area contributed by atoms with Gasteiger partial charge in [-0.2, -0.15) is 0 Å². The fraction of sp³-hybridized carbons (Fsp3) is 0.382. The Kier molecular flexibility index (Phi) is 12.3. The van der Waals surface area contributed by atoms with E-state index in [4.69, 9.17) is 9.47 Å². The van der Waals surface area contributed by atoms with Gasteiger partial charge in [0.25, 0.3) is 0 Å². The van der Waals surface area contributed by atoms with Gasteiger partial charge in [0.2, 0.25) is 0 Å². The van der Waals surface area contributed by atoms with Gasteiger partial charge in [-0.05, 0) is 87.8 Å². The van der Waals surface area contributed by atoms with Crippen molar-refractivity contribution in [3.63, 3.8) is 0 Å². The van der Waals surface area contributed by atoms with Crippen LogP contribution in [0, 0.1) is 0 Å². The summed E-state index contributed by atoms with van der Waals surface area (Å²) in [5.41, 5.74) is 4.48. The number of rotatable bonds is 11. The molecule has 0 aliphatic heterocycles. The first-order valence-corrected chi connectivity index (χ1v) is 13.6. The Bertz CT molecular complexity index is 1140. The lowest BCUT2D eigenvalue weighted by Crippen LogP contribution is -2.22. The molecule has 3 rings (SSSR count). The van der Waals surface area contributed by atoms with Crippen LogP contribution in [-0.2, 0) is 11.2 Å². The van der Waals surface area contributed by atoms with Crippen LogP contribution in [0.25, 0.3) is 11.1 Å². The van der Waals surface area contributed by atoms with Crippen LogP contribution in [0.3, 0.4) is 0 Å². The van der Waals surface area contributed by atoms with Gasteiger partial charge in [-0.25, -0.2) is 0 Å². The fourth-order valence-corrected chi connectivity index (χ4v) is 4.03. The third-order valence-electron chi connectivity index (χ3n) is 5.72. The molecule has 0 amide bonds. The van der Waals surface area contributed by atoms with E-state index in [1.807, 2.05) is 115 Å². The lowest BCUT2D eigenvalue weighted by molar-refractivity contribution is -0.113. The second-order valence-electron chi connectivity index (χ2n) is 10.2. The number of allylic oxidation sites excluding steroid dienone is 2. The monoisotopic (exact) mass is 515 g/mol. The van der Waals surface area contributed by atoms with Crippen LogP contribution in [0.15, 0.2) is 78.9 Å². The first-order chi connectivity index (χ1) is 18.2. The standard InChI is InChI=1S/C32H39NO3.C2H6/c1-7-29(25-11-9-8-10-12-25)31(26-15-19-28(20-16-26)36-32(2,3)4)30(34)23-24-13-17-27(18-14-24)35-22-21-33(5)6;1-2/h8-20H,7,21-23H2,1-6H3;1-2H3/b31-29+;. The van der Waals surface area contributed by atoms with Crippen molar-refractivity contribution < 1.29 is 14.3 Å². The minimum atomic E-state index is -0.281. The number of benzene rings is 3. The second kappa shape index (κ2) is 15.1. The van der Waals surface area contributed by atoms with Crippen LogP contribution in [0.4, 0.5) is 0 Å². The van der Waals surface area contributed by atoms with E-state index >= 15 is 0 Å². The van der Waals surface area contributed by atoms with Gasteiger partial charge < -0.3 is 14.4 Å². The summed E-state index contributed by atoms with van der Waals surface area (Å²) >= 11 is 0. The van der Waals surface area contributed by atoms with Gasteiger partial charge in [0.15, 0.2) is 5.78 Å². The van der Waals surface area contributed by atoms with Crippen molar-refractivity contribution in [2.75, 3.05) is 27.2 Å². The molecule has 4 heteroatoms. The molecule has 0 saturated heterocycles. The van der Waals surface area contributed by atoms with E-state index in [1.165, 1.54) is 0 Å². The molecule has 0 fully saturated rings. The van der Waals surface area contributed by atoms with Gasteiger partial charge in [0.1, 0.15) is 23.7 Å². The molecule has 3 aromatic rings. The molecule has 3 aromatic carbocycles. The van der Waals surface area contributed by atoms with Crippen molar-refractivity contribution in [3.8, 4) is 11.5 Å². The van der Waals surface area contributed by atoms with Crippen LogP contribution in [0.1, 0.15) is 64.7 Å². The van der Waals surface area contributed by atoms with Gasteiger partial charge in [-0.1, -0.05) is 75.4 Å². The molecule has 0 unspecified atom stereocenters. The maximum Gasteiger partial charge on any atom is 0.168 e. The minimum absolute atomic E-state index is 0.0986. The summed E-state index contributed by atoms with van der Waals surface area (Å²) in [7, 11) is 4.04. The van der Waals surface area contributed by atoms with E-state index in [9.17, 15) is 4.79 Å². The highest BCUT2D eigenvalue weighted by Crippen LogP contribution is 2.32. The Morgan fingerprint density at radius 3 is 1.89 bits per heavy atom. The van der Waals surface area contributed by atoms with Crippen molar-refractivity contribution in [2.45, 2.75) is 60.0 Å². The van der Waals surface area contributed by atoms with E-state index in [-0.39, 0.29) is 11.4 Å². The SMILES string of the molecule is CC.CC/C(=C(\C(=O)Cc1ccc(OCCN(C)C)cc1)c1ccc(OC(C)(C)C)cc1)c1ccccc1. The van der Waals surface area contributed by atoms with Crippen LogP contribution in [0.2, 0.25) is 0 Å². The molecule has 0 aliphatic carbocycles. The Hall–Kier alpha value is -3.37. The maximum absolute atomic E-state index is 13.8. The molecule has 0 aromatic heterocycles. The summed E-state index contributed by atoms with van der Waals surface area (Å²) < 4.78 is 11.8. The van der Waals surface area contributed by atoms with Gasteiger partial charge >= 0.3 is 0 Å².